The largest absolute Gasteiger partial charge is 0.480 e. The SMILES string of the molecule is CCNC(CCOCC)c1ncc(OC)nc1OC. The predicted octanol–water partition coefficient (Wildman–Crippen LogP) is 1.57. The minimum absolute atomic E-state index is 0.0601. The van der Waals surface area contributed by atoms with Crippen LogP contribution in [-0.4, -0.2) is 43.9 Å². The second kappa shape index (κ2) is 8.66. The number of hydrogen-bond acceptors (Lipinski definition) is 6. The summed E-state index contributed by atoms with van der Waals surface area (Å²) in [4.78, 5) is 8.64. The molecular formula is C13H23N3O3. The van der Waals surface area contributed by atoms with Gasteiger partial charge in [-0.15, -0.1) is 0 Å². The normalized spacial score (nSPS) is 12.2. The lowest BCUT2D eigenvalue weighted by Gasteiger charge is -2.19. The van der Waals surface area contributed by atoms with Gasteiger partial charge in [-0.3, -0.25) is 0 Å². The van der Waals surface area contributed by atoms with Gasteiger partial charge in [0.15, 0.2) is 0 Å². The second-order valence-electron chi connectivity index (χ2n) is 3.90. The topological polar surface area (TPSA) is 65.5 Å². The van der Waals surface area contributed by atoms with Crippen LogP contribution < -0.4 is 14.8 Å². The average molecular weight is 269 g/mol. The van der Waals surface area contributed by atoms with Crippen molar-refractivity contribution < 1.29 is 14.2 Å². The van der Waals surface area contributed by atoms with Crippen LogP contribution in [0.3, 0.4) is 0 Å². The van der Waals surface area contributed by atoms with Crippen LogP contribution in [0.5, 0.6) is 11.8 Å². The number of aromatic nitrogens is 2. The first-order chi connectivity index (χ1) is 9.26. The summed E-state index contributed by atoms with van der Waals surface area (Å²) in [6.45, 7) is 6.26. The monoisotopic (exact) mass is 269 g/mol. The zero-order chi connectivity index (χ0) is 14.1. The summed E-state index contributed by atoms with van der Waals surface area (Å²) in [6.07, 6.45) is 2.42. The smallest absolute Gasteiger partial charge is 0.240 e. The van der Waals surface area contributed by atoms with E-state index in [2.05, 4.69) is 22.2 Å². The molecule has 1 aromatic heterocycles. The van der Waals surface area contributed by atoms with E-state index in [4.69, 9.17) is 14.2 Å². The summed E-state index contributed by atoms with van der Waals surface area (Å²) < 4.78 is 15.7. The molecular weight excluding hydrogens is 246 g/mol. The summed E-state index contributed by atoms with van der Waals surface area (Å²) in [5.41, 5.74) is 0.782. The fourth-order valence-electron chi connectivity index (χ4n) is 1.78. The van der Waals surface area contributed by atoms with Crippen molar-refractivity contribution >= 4 is 0 Å². The van der Waals surface area contributed by atoms with Gasteiger partial charge in [-0.25, -0.2) is 4.98 Å². The number of nitrogens with one attached hydrogen (secondary N) is 1. The maximum absolute atomic E-state index is 5.40. The Hall–Kier alpha value is -1.40. The molecule has 0 fully saturated rings. The van der Waals surface area contributed by atoms with Crippen molar-refractivity contribution in [3.05, 3.63) is 11.9 Å². The molecule has 0 amide bonds. The van der Waals surface area contributed by atoms with Gasteiger partial charge in [0.05, 0.1) is 26.5 Å². The third-order valence-corrected chi connectivity index (χ3v) is 2.68. The minimum atomic E-state index is 0.0601. The van der Waals surface area contributed by atoms with Crippen LogP contribution in [0.25, 0.3) is 0 Å². The van der Waals surface area contributed by atoms with Gasteiger partial charge >= 0.3 is 0 Å². The molecule has 1 heterocycles. The molecule has 1 aromatic rings. The van der Waals surface area contributed by atoms with Gasteiger partial charge in [0.1, 0.15) is 5.69 Å². The average Bonchev–Trinajstić information content (AvgIpc) is 2.46. The lowest BCUT2D eigenvalue weighted by Crippen LogP contribution is -2.24. The molecule has 0 spiro atoms. The number of methoxy groups -OCH3 is 2. The number of hydrogen-bond donors (Lipinski definition) is 1. The van der Waals surface area contributed by atoms with Crippen LogP contribution in [-0.2, 0) is 4.74 Å². The van der Waals surface area contributed by atoms with E-state index in [1.54, 1.807) is 20.4 Å². The Balaban J connectivity index is 2.87. The molecule has 19 heavy (non-hydrogen) atoms. The lowest BCUT2D eigenvalue weighted by molar-refractivity contribution is 0.135. The Morgan fingerprint density at radius 1 is 1.26 bits per heavy atom. The van der Waals surface area contributed by atoms with Gasteiger partial charge < -0.3 is 19.5 Å². The summed E-state index contributed by atoms with van der Waals surface area (Å²) in [5.74, 6) is 0.933. The van der Waals surface area contributed by atoms with E-state index in [0.29, 0.717) is 25.0 Å². The molecule has 1 rings (SSSR count). The molecule has 0 aliphatic rings. The molecule has 6 heteroatoms. The molecule has 6 nitrogen and oxygen atoms in total. The molecule has 0 bridgehead atoms. The Labute approximate surface area is 114 Å². The number of nitrogens with zero attached hydrogens (tertiary/aromatic N) is 2. The molecule has 0 aromatic carbocycles. The van der Waals surface area contributed by atoms with Crippen LogP contribution in [0.15, 0.2) is 6.20 Å². The van der Waals surface area contributed by atoms with Crippen LogP contribution in [0.4, 0.5) is 0 Å². The number of ether oxygens (including phenoxy) is 3. The van der Waals surface area contributed by atoms with Gasteiger partial charge in [0, 0.05) is 13.2 Å². The van der Waals surface area contributed by atoms with Crippen LogP contribution >= 0.6 is 0 Å². The Morgan fingerprint density at radius 2 is 2.05 bits per heavy atom. The maximum atomic E-state index is 5.40. The molecule has 0 aliphatic heterocycles. The number of rotatable bonds is 9. The van der Waals surface area contributed by atoms with E-state index in [1.165, 1.54) is 0 Å². The standard InChI is InChI=1S/C13H23N3O3/c1-5-14-10(7-8-19-6-2)12-13(18-4)16-11(17-3)9-15-12/h9-10,14H,5-8H2,1-4H3. The highest BCUT2D eigenvalue weighted by Crippen LogP contribution is 2.25. The van der Waals surface area contributed by atoms with Crippen molar-refractivity contribution in [1.82, 2.24) is 15.3 Å². The molecule has 108 valence electrons. The highest BCUT2D eigenvalue weighted by atomic mass is 16.5. The van der Waals surface area contributed by atoms with Crippen LogP contribution in [0.1, 0.15) is 32.0 Å². The zero-order valence-electron chi connectivity index (χ0n) is 12.1. The maximum Gasteiger partial charge on any atom is 0.240 e. The van der Waals surface area contributed by atoms with E-state index in [9.17, 15) is 0 Å². The molecule has 1 unspecified atom stereocenters. The fourth-order valence-corrected chi connectivity index (χ4v) is 1.78. The van der Waals surface area contributed by atoms with Crippen molar-refractivity contribution in [1.29, 1.82) is 0 Å². The second-order valence-corrected chi connectivity index (χ2v) is 3.90. The van der Waals surface area contributed by atoms with Crippen molar-refractivity contribution in [3.63, 3.8) is 0 Å². The van der Waals surface area contributed by atoms with E-state index >= 15 is 0 Å². The van der Waals surface area contributed by atoms with E-state index in [0.717, 1.165) is 18.7 Å². The lowest BCUT2D eigenvalue weighted by atomic mass is 10.1. The fraction of sp³-hybridized carbons (Fsp3) is 0.692. The highest BCUT2D eigenvalue weighted by Gasteiger charge is 2.19. The Kier molecular flexibility index (Phi) is 7.14. The molecule has 1 atom stereocenters. The molecule has 0 aliphatic carbocycles. The first-order valence-corrected chi connectivity index (χ1v) is 6.52. The summed E-state index contributed by atoms with van der Waals surface area (Å²) in [7, 11) is 3.14. The summed E-state index contributed by atoms with van der Waals surface area (Å²) >= 11 is 0. The van der Waals surface area contributed by atoms with E-state index in [1.807, 2.05) is 6.92 Å². The predicted molar refractivity (Wildman–Crippen MR) is 72.7 cm³/mol. The van der Waals surface area contributed by atoms with Gasteiger partial charge in [-0.2, -0.15) is 4.98 Å². The van der Waals surface area contributed by atoms with Crippen LogP contribution in [0, 0.1) is 0 Å². The third kappa shape index (κ3) is 4.65. The summed E-state index contributed by atoms with van der Waals surface area (Å²) in [5, 5.41) is 3.37. The first kappa shape index (κ1) is 15.7. The molecule has 0 saturated carbocycles. The van der Waals surface area contributed by atoms with E-state index in [-0.39, 0.29) is 6.04 Å². The van der Waals surface area contributed by atoms with Crippen molar-refractivity contribution in [3.8, 4) is 11.8 Å². The summed E-state index contributed by atoms with van der Waals surface area (Å²) in [6, 6.07) is 0.0601. The zero-order valence-corrected chi connectivity index (χ0v) is 12.1. The van der Waals surface area contributed by atoms with Crippen molar-refractivity contribution in [2.75, 3.05) is 34.0 Å². The Bertz CT molecular complexity index is 374. The van der Waals surface area contributed by atoms with Gasteiger partial charge in [0.25, 0.3) is 0 Å². The van der Waals surface area contributed by atoms with Crippen molar-refractivity contribution in [2.24, 2.45) is 0 Å². The first-order valence-electron chi connectivity index (χ1n) is 6.52. The van der Waals surface area contributed by atoms with Gasteiger partial charge in [-0.1, -0.05) is 6.92 Å². The van der Waals surface area contributed by atoms with E-state index < -0.39 is 0 Å². The highest BCUT2D eigenvalue weighted by molar-refractivity contribution is 5.25. The Morgan fingerprint density at radius 3 is 2.63 bits per heavy atom. The minimum Gasteiger partial charge on any atom is -0.480 e. The molecule has 0 saturated heterocycles. The van der Waals surface area contributed by atoms with Gasteiger partial charge in [0.2, 0.25) is 11.8 Å². The van der Waals surface area contributed by atoms with Gasteiger partial charge in [-0.05, 0) is 19.9 Å². The molecule has 1 N–H and O–H groups in total. The quantitative estimate of drug-likeness (QED) is 0.686. The van der Waals surface area contributed by atoms with Crippen molar-refractivity contribution in [2.45, 2.75) is 26.3 Å². The molecule has 0 radical (unpaired) electrons. The van der Waals surface area contributed by atoms with Crippen LogP contribution in [0.2, 0.25) is 0 Å². The third-order valence-electron chi connectivity index (χ3n) is 2.68.